The molecule has 2 aromatic rings. The molecular formula is C12H16N4S. The van der Waals surface area contributed by atoms with Gasteiger partial charge >= 0.3 is 0 Å². The van der Waals surface area contributed by atoms with Gasteiger partial charge in [0, 0.05) is 24.4 Å². The van der Waals surface area contributed by atoms with E-state index in [1.54, 1.807) is 11.3 Å². The molecule has 1 aliphatic rings. The van der Waals surface area contributed by atoms with Gasteiger partial charge in [-0.25, -0.2) is 9.97 Å². The third-order valence-electron chi connectivity index (χ3n) is 3.39. The van der Waals surface area contributed by atoms with Crippen LogP contribution in [0.2, 0.25) is 0 Å². The fraction of sp³-hybridized carbons (Fsp3) is 0.500. The van der Waals surface area contributed by atoms with Gasteiger partial charge in [0.15, 0.2) is 0 Å². The Kier molecular flexibility index (Phi) is 2.72. The number of nitrogens with two attached hydrogens (primary N) is 1. The molecule has 1 atom stereocenters. The summed E-state index contributed by atoms with van der Waals surface area (Å²) in [5.74, 6) is 0.456. The zero-order valence-corrected chi connectivity index (χ0v) is 10.7. The summed E-state index contributed by atoms with van der Waals surface area (Å²) in [6.07, 6.45) is 7.26. The number of aromatic nitrogens is 3. The number of thiazole rings is 1. The molecule has 0 amide bonds. The van der Waals surface area contributed by atoms with Crippen molar-refractivity contribution in [2.24, 2.45) is 12.8 Å². The highest BCUT2D eigenvalue weighted by Gasteiger charge is 2.24. The van der Waals surface area contributed by atoms with Gasteiger partial charge in [0.2, 0.25) is 0 Å². The number of fused-ring (bicyclic) bond motifs is 1. The summed E-state index contributed by atoms with van der Waals surface area (Å²) < 4.78 is 2.02. The predicted octanol–water partition coefficient (Wildman–Crippen LogP) is 1.92. The maximum Gasteiger partial charge on any atom is 0.142 e. The summed E-state index contributed by atoms with van der Waals surface area (Å²) >= 11 is 1.80. The summed E-state index contributed by atoms with van der Waals surface area (Å²) in [6, 6.07) is 0. The molecule has 17 heavy (non-hydrogen) atoms. The monoisotopic (exact) mass is 248 g/mol. The molecule has 1 unspecified atom stereocenters. The van der Waals surface area contributed by atoms with Gasteiger partial charge in [0.25, 0.3) is 0 Å². The Bertz CT molecular complexity index is 528. The van der Waals surface area contributed by atoms with E-state index in [4.69, 9.17) is 10.7 Å². The van der Waals surface area contributed by atoms with E-state index in [9.17, 15) is 0 Å². The van der Waals surface area contributed by atoms with Gasteiger partial charge < -0.3 is 10.3 Å². The van der Waals surface area contributed by atoms with Crippen LogP contribution in [0.4, 0.5) is 0 Å². The van der Waals surface area contributed by atoms with Crippen LogP contribution in [0.15, 0.2) is 12.5 Å². The van der Waals surface area contributed by atoms with Crippen molar-refractivity contribution in [2.75, 3.05) is 6.54 Å². The second-order valence-electron chi connectivity index (χ2n) is 4.54. The van der Waals surface area contributed by atoms with Crippen LogP contribution in [-0.2, 0) is 13.5 Å². The van der Waals surface area contributed by atoms with Crippen molar-refractivity contribution in [2.45, 2.75) is 25.2 Å². The average molecular weight is 248 g/mol. The van der Waals surface area contributed by atoms with E-state index in [0.29, 0.717) is 12.5 Å². The molecule has 2 N–H and O–H groups in total. The van der Waals surface area contributed by atoms with Crippen molar-refractivity contribution in [1.29, 1.82) is 0 Å². The molecule has 0 saturated heterocycles. The lowest BCUT2D eigenvalue weighted by Crippen LogP contribution is -2.17. The largest absolute Gasteiger partial charge is 0.332 e. The first-order valence-electron chi connectivity index (χ1n) is 5.96. The smallest absolute Gasteiger partial charge is 0.142 e. The Balaban J connectivity index is 2.04. The molecule has 3 rings (SSSR count). The van der Waals surface area contributed by atoms with Crippen molar-refractivity contribution >= 4 is 11.3 Å². The molecule has 4 nitrogen and oxygen atoms in total. The summed E-state index contributed by atoms with van der Waals surface area (Å²) in [4.78, 5) is 10.4. The molecule has 2 aromatic heterocycles. The number of hydrogen-bond donors (Lipinski definition) is 1. The summed E-state index contributed by atoms with van der Waals surface area (Å²) in [7, 11) is 2.00. The van der Waals surface area contributed by atoms with Crippen molar-refractivity contribution < 1.29 is 0 Å². The first-order valence-corrected chi connectivity index (χ1v) is 6.77. The standard InChI is InChI=1S/C12H16N4S/c1-16-7-14-6-9(16)12-15-11-8(5-13)3-2-4-10(11)17-12/h6-8H,2-5,13H2,1H3. The Morgan fingerprint density at radius 3 is 3.18 bits per heavy atom. The number of rotatable bonds is 2. The van der Waals surface area contributed by atoms with Gasteiger partial charge in [-0.3, -0.25) is 0 Å². The third-order valence-corrected chi connectivity index (χ3v) is 4.54. The van der Waals surface area contributed by atoms with E-state index in [1.165, 1.54) is 23.4 Å². The van der Waals surface area contributed by atoms with Gasteiger partial charge in [-0.15, -0.1) is 11.3 Å². The van der Waals surface area contributed by atoms with Crippen LogP contribution in [0.5, 0.6) is 0 Å². The second-order valence-corrected chi connectivity index (χ2v) is 5.63. The van der Waals surface area contributed by atoms with E-state index in [1.807, 2.05) is 24.1 Å². The van der Waals surface area contributed by atoms with E-state index in [2.05, 4.69) is 4.98 Å². The molecule has 0 aliphatic heterocycles. The van der Waals surface area contributed by atoms with E-state index >= 15 is 0 Å². The maximum absolute atomic E-state index is 5.82. The highest BCUT2D eigenvalue weighted by atomic mass is 32.1. The summed E-state index contributed by atoms with van der Waals surface area (Å²) in [5.41, 5.74) is 8.16. The fourth-order valence-corrected chi connectivity index (χ4v) is 3.65. The molecule has 5 heteroatoms. The lowest BCUT2D eigenvalue weighted by atomic mass is 9.91. The first kappa shape index (κ1) is 10.9. The summed E-state index contributed by atoms with van der Waals surface area (Å²) in [5, 5.41) is 1.08. The highest BCUT2D eigenvalue weighted by Crippen LogP contribution is 2.37. The second kappa shape index (κ2) is 4.23. The Morgan fingerprint density at radius 2 is 2.47 bits per heavy atom. The van der Waals surface area contributed by atoms with Crippen molar-refractivity contribution in [3.63, 3.8) is 0 Å². The Labute approximate surface area is 105 Å². The molecular weight excluding hydrogens is 232 g/mol. The Morgan fingerprint density at radius 1 is 1.59 bits per heavy atom. The maximum atomic E-state index is 5.82. The quantitative estimate of drug-likeness (QED) is 0.883. The minimum absolute atomic E-state index is 0.456. The van der Waals surface area contributed by atoms with Crippen molar-refractivity contribution in [1.82, 2.24) is 14.5 Å². The van der Waals surface area contributed by atoms with Gasteiger partial charge in [-0.2, -0.15) is 0 Å². The molecule has 0 aromatic carbocycles. The van der Waals surface area contributed by atoms with Crippen LogP contribution in [0, 0.1) is 0 Å². The van der Waals surface area contributed by atoms with Gasteiger partial charge in [-0.1, -0.05) is 0 Å². The minimum Gasteiger partial charge on any atom is -0.332 e. The molecule has 0 bridgehead atoms. The fourth-order valence-electron chi connectivity index (χ4n) is 2.41. The van der Waals surface area contributed by atoms with E-state index in [0.717, 1.165) is 17.1 Å². The normalized spacial score (nSPS) is 19.3. The van der Waals surface area contributed by atoms with Crippen LogP contribution in [0.3, 0.4) is 0 Å². The minimum atomic E-state index is 0.456. The number of hydrogen-bond acceptors (Lipinski definition) is 4. The molecule has 0 fully saturated rings. The molecule has 0 spiro atoms. The lowest BCUT2D eigenvalue weighted by Gasteiger charge is -2.18. The van der Waals surface area contributed by atoms with Crippen molar-refractivity contribution in [3.8, 4) is 10.7 Å². The van der Waals surface area contributed by atoms with Gasteiger partial charge in [0.1, 0.15) is 5.01 Å². The highest BCUT2D eigenvalue weighted by molar-refractivity contribution is 7.15. The van der Waals surface area contributed by atoms with Crippen LogP contribution < -0.4 is 5.73 Å². The van der Waals surface area contributed by atoms with Crippen LogP contribution in [-0.4, -0.2) is 21.1 Å². The van der Waals surface area contributed by atoms with Gasteiger partial charge in [-0.05, 0) is 19.3 Å². The van der Waals surface area contributed by atoms with Crippen LogP contribution >= 0.6 is 11.3 Å². The summed E-state index contributed by atoms with van der Waals surface area (Å²) in [6.45, 7) is 0.710. The third kappa shape index (κ3) is 1.79. The van der Waals surface area contributed by atoms with Crippen LogP contribution in [0.1, 0.15) is 29.3 Å². The zero-order valence-electron chi connectivity index (χ0n) is 9.89. The lowest BCUT2D eigenvalue weighted by molar-refractivity contribution is 0.554. The van der Waals surface area contributed by atoms with Crippen LogP contribution in [0.25, 0.3) is 10.7 Å². The predicted molar refractivity (Wildman–Crippen MR) is 69.0 cm³/mol. The van der Waals surface area contributed by atoms with E-state index < -0.39 is 0 Å². The average Bonchev–Trinajstić information content (AvgIpc) is 2.93. The number of nitrogens with zero attached hydrogens (tertiary/aromatic N) is 3. The Hall–Kier alpha value is -1.20. The molecule has 0 saturated carbocycles. The number of imidazole rings is 1. The van der Waals surface area contributed by atoms with Gasteiger partial charge in [0.05, 0.1) is 23.9 Å². The first-order chi connectivity index (χ1) is 8.29. The van der Waals surface area contributed by atoms with Crippen molar-refractivity contribution in [3.05, 3.63) is 23.1 Å². The zero-order chi connectivity index (χ0) is 11.8. The molecule has 2 heterocycles. The topological polar surface area (TPSA) is 56.7 Å². The molecule has 1 aliphatic carbocycles. The number of aryl methyl sites for hydroxylation is 2. The molecule has 90 valence electrons. The SMILES string of the molecule is Cn1cncc1-c1nc2c(s1)CCCC2CN. The molecule has 0 radical (unpaired) electrons. The van der Waals surface area contributed by atoms with E-state index in [-0.39, 0.29) is 0 Å².